The van der Waals surface area contributed by atoms with Gasteiger partial charge in [0.15, 0.2) is 0 Å². The second kappa shape index (κ2) is 7.99. The van der Waals surface area contributed by atoms with E-state index in [2.05, 4.69) is 12.2 Å². The van der Waals surface area contributed by atoms with Crippen LogP contribution in [0.25, 0.3) is 0 Å². The number of rotatable bonds is 7. The number of hydrogen-bond acceptors (Lipinski definition) is 2. The van der Waals surface area contributed by atoms with Crippen molar-refractivity contribution in [1.82, 2.24) is 5.32 Å². The van der Waals surface area contributed by atoms with Crippen LogP contribution in [-0.2, 0) is 6.54 Å². The molecule has 1 N–H and O–H groups in total. The van der Waals surface area contributed by atoms with E-state index in [1.54, 1.807) is 0 Å². The molecule has 1 aliphatic rings. The fourth-order valence-corrected chi connectivity index (χ4v) is 3.77. The average Bonchev–Trinajstić information content (AvgIpc) is 2.91. The van der Waals surface area contributed by atoms with Gasteiger partial charge in [0.25, 0.3) is 0 Å². The summed E-state index contributed by atoms with van der Waals surface area (Å²) in [6, 6.07) is 2.92. The van der Waals surface area contributed by atoms with Gasteiger partial charge in [-0.3, -0.25) is 0 Å². The van der Waals surface area contributed by atoms with E-state index < -0.39 is 11.6 Å². The third-order valence-electron chi connectivity index (χ3n) is 3.75. The molecule has 0 spiro atoms. The molecule has 1 saturated carbocycles. The Bertz CT molecular complexity index is 407. The van der Waals surface area contributed by atoms with Gasteiger partial charge in [0.2, 0.25) is 0 Å². The van der Waals surface area contributed by atoms with E-state index in [9.17, 15) is 8.78 Å². The highest BCUT2D eigenvalue weighted by Gasteiger charge is 2.18. The SMILES string of the molecule is CCCNCc1cc(F)c(SCC2CCCC2)c(F)c1. The summed E-state index contributed by atoms with van der Waals surface area (Å²) in [5, 5.41) is 3.16. The van der Waals surface area contributed by atoms with E-state index in [4.69, 9.17) is 0 Å². The van der Waals surface area contributed by atoms with Crippen molar-refractivity contribution in [2.45, 2.75) is 50.5 Å². The van der Waals surface area contributed by atoms with Crippen LogP contribution in [-0.4, -0.2) is 12.3 Å². The fraction of sp³-hybridized carbons (Fsp3) is 0.625. The molecule has 0 bridgehead atoms. The molecule has 0 unspecified atom stereocenters. The van der Waals surface area contributed by atoms with Crippen molar-refractivity contribution in [2.75, 3.05) is 12.3 Å². The van der Waals surface area contributed by atoms with E-state index in [0.717, 1.165) is 18.7 Å². The van der Waals surface area contributed by atoms with Crippen LogP contribution in [0.3, 0.4) is 0 Å². The maximum Gasteiger partial charge on any atom is 0.140 e. The Labute approximate surface area is 124 Å². The van der Waals surface area contributed by atoms with Gasteiger partial charge in [-0.05, 0) is 49.4 Å². The Hall–Kier alpha value is -0.610. The van der Waals surface area contributed by atoms with Crippen molar-refractivity contribution < 1.29 is 8.78 Å². The maximum atomic E-state index is 14.0. The topological polar surface area (TPSA) is 12.0 Å². The molecular formula is C16H23F2NS. The molecule has 0 atom stereocenters. The van der Waals surface area contributed by atoms with Gasteiger partial charge in [-0.25, -0.2) is 8.78 Å². The van der Waals surface area contributed by atoms with Crippen LogP contribution in [0.15, 0.2) is 17.0 Å². The van der Waals surface area contributed by atoms with E-state index in [1.807, 2.05) is 0 Å². The summed E-state index contributed by atoms with van der Waals surface area (Å²) in [4.78, 5) is 0.191. The van der Waals surface area contributed by atoms with Crippen molar-refractivity contribution in [3.63, 3.8) is 0 Å². The van der Waals surface area contributed by atoms with E-state index in [1.165, 1.54) is 49.6 Å². The second-order valence-corrected chi connectivity index (χ2v) is 6.56. The highest BCUT2D eigenvalue weighted by molar-refractivity contribution is 7.99. The molecule has 4 heteroatoms. The third kappa shape index (κ3) is 4.45. The maximum absolute atomic E-state index is 14.0. The van der Waals surface area contributed by atoms with E-state index in [0.29, 0.717) is 18.0 Å². The summed E-state index contributed by atoms with van der Waals surface area (Å²) < 4.78 is 28.0. The fourth-order valence-electron chi connectivity index (χ4n) is 2.64. The first-order valence-electron chi connectivity index (χ1n) is 7.52. The van der Waals surface area contributed by atoms with E-state index >= 15 is 0 Å². The Morgan fingerprint density at radius 1 is 1.20 bits per heavy atom. The minimum Gasteiger partial charge on any atom is -0.313 e. The first kappa shape index (κ1) is 15.8. The minimum atomic E-state index is -0.415. The third-order valence-corrected chi connectivity index (χ3v) is 5.07. The van der Waals surface area contributed by atoms with Crippen LogP contribution in [0.5, 0.6) is 0 Å². The first-order valence-corrected chi connectivity index (χ1v) is 8.50. The zero-order valence-electron chi connectivity index (χ0n) is 12.1. The number of thioether (sulfide) groups is 1. The van der Waals surface area contributed by atoms with Gasteiger partial charge < -0.3 is 5.32 Å². The zero-order chi connectivity index (χ0) is 14.4. The number of hydrogen-bond donors (Lipinski definition) is 1. The van der Waals surface area contributed by atoms with Crippen LogP contribution < -0.4 is 5.32 Å². The number of nitrogens with one attached hydrogen (secondary N) is 1. The molecule has 0 heterocycles. The zero-order valence-corrected chi connectivity index (χ0v) is 12.9. The molecule has 0 aromatic heterocycles. The molecule has 0 radical (unpaired) electrons. The smallest absolute Gasteiger partial charge is 0.140 e. The molecule has 0 amide bonds. The van der Waals surface area contributed by atoms with E-state index in [-0.39, 0.29) is 4.90 Å². The Morgan fingerprint density at radius 2 is 1.85 bits per heavy atom. The van der Waals surface area contributed by atoms with Gasteiger partial charge in [-0.1, -0.05) is 19.8 Å². The van der Waals surface area contributed by atoms with Crippen LogP contribution >= 0.6 is 11.8 Å². The second-order valence-electron chi connectivity index (χ2n) is 5.53. The summed E-state index contributed by atoms with van der Waals surface area (Å²) in [7, 11) is 0. The average molecular weight is 299 g/mol. The predicted octanol–water partition coefficient (Wildman–Crippen LogP) is 4.75. The lowest BCUT2D eigenvalue weighted by atomic mass is 10.1. The summed E-state index contributed by atoms with van der Waals surface area (Å²) in [5.41, 5.74) is 0.679. The first-order chi connectivity index (χ1) is 9.70. The van der Waals surface area contributed by atoms with Crippen LogP contribution in [0.1, 0.15) is 44.6 Å². The minimum absolute atomic E-state index is 0.191. The molecule has 0 saturated heterocycles. The summed E-state index contributed by atoms with van der Waals surface area (Å²) >= 11 is 1.34. The van der Waals surface area contributed by atoms with Crippen molar-refractivity contribution >= 4 is 11.8 Å². The lowest BCUT2D eigenvalue weighted by Gasteiger charge is -2.11. The monoisotopic (exact) mass is 299 g/mol. The predicted molar refractivity (Wildman–Crippen MR) is 81.0 cm³/mol. The Morgan fingerprint density at radius 3 is 2.45 bits per heavy atom. The van der Waals surface area contributed by atoms with Gasteiger partial charge in [0, 0.05) is 12.3 Å². The van der Waals surface area contributed by atoms with Crippen LogP contribution in [0.2, 0.25) is 0 Å². The lowest BCUT2D eigenvalue weighted by Crippen LogP contribution is -2.14. The summed E-state index contributed by atoms with van der Waals surface area (Å²) in [5.74, 6) is 0.633. The molecule has 1 aromatic carbocycles. The number of benzene rings is 1. The standard InChI is InChI=1S/C16H23F2NS/c1-2-7-19-10-13-8-14(17)16(15(18)9-13)20-11-12-5-3-4-6-12/h8-9,12,19H,2-7,10-11H2,1H3. The molecule has 20 heavy (non-hydrogen) atoms. The molecule has 1 aromatic rings. The molecule has 1 nitrogen and oxygen atoms in total. The van der Waals surface area contributed by atoms with Gasteiger partial charge >= 0.3 is 0 Å². The largest absolute Gasteiger partial charge is 0.313 e. The highest BCUT2D eigenvalue weighted by Crippen LogP contribution is 2.33. The Balaban J connectivity index is 1.94. The molecular weight excluding hydrogens is 276 g/mol. The summed E-state index contributed by atoms with van der Waals surface area (Å²) in [6.45, 7) is 3.45. The molecule has 112 valence electrons. The number of halogens is 2. The van der Waals surface area contributed by atoms with Crippen LogP contribution in [0.4, 0.5) is 8.78 Å². The molecule has 0 aliphatic heterocycles. The van der Waals surface area contributed by atoms with Gasteiger partial charge in [-0.2, -0.15) is 0 Å². The van der Waals surface area contributed by atoms with Crippen molar-refractivity contribution in [3.05, 3.63) is 29.3 Å². The molecule has 1 fully saturated rings. The highest BCUT2D eigenvalue weighted by atomic mass is 32.2. The van der Waals surface area contributed by atoms with Crippen molar-refractivity contribution in [1.29, 1.82) is 0 Å². The summed E-state index contributed by atoms with van der Waals surface area (Å²) in [6.07, 6.45) is 5.95. The van der Waals surface area contributed by atoms with Crippen LogP contribution in [0, 0.1) is 17.6 Å². The van der Waals surface area contributed by atoms with Crippen molar-refractivity contribution in [3.8, 4) is 0 Å². The van der Waals surface area contributed by atoms with Crippen molar-refractivity contribution in [2.24, 2.45) is 5.92 Å². The quantitative estimate of drug-likeness (QED) is 0.576. The van der Waals surface area contributed by atoms with Gasteiger partial charge in [0.05, 0.1) is 4.90 Å². The molecule has 2 rings (SSSR count). The normalized spacial score (nSPS) is 15.9. The van der Waals surface area contributed by atoms with Gasteiger partial charge in [0.1, 0.15) is 11.6 Å². The Kier molecular flexibility index (Phi) is 6.30. The lowest BCUT2D eigenvalue weighted by molar-refractivity contribution is 0.533. The van der Waals surface area contributed by atoms with Gasteiger partial charge in [-0.15, -0.1) is 11.8 Å². The molecule has 1 aliphatic carbocycles.